The molecule has 0 saturated carbocycles. The first kappa shape index (κ1) is 15.1. The van der Waals surface area contributed by atoms with Crippen LogP contribution in [0.1, 0.15) is 5.56 Å². The number of thioether (sulfide) groups is 1. The van der Waals surface area contributed by atoms with Gasteiger partial charge in [0.1, 0.15) is 0 Å². The minimum absolute atomic E-state index is 0.106. The first-order valence-corrected chi connectivity index (χ1v) is 8.78. The van der Waals surface area contributed by atoms with Crippen molar-refractivity contribution in [3.63, 3.8) is 0 Å². The highest BCUT2D eigenvalue weighted by Crippen LogP contribution is 2.19. The van der Waals surface area contributed by atoms with Crippen molar-refractivity contribution < 1.29 is 8.42 Å². The molecule has 0 fully saturated rings. The summed E-state index contributed by atoms with van der Waals surface area (Å²) in [6, 6.07) is 6.74. The number of nitrogens with two attached hydrogens (primary N) is 1. The molecule has 0 aliphatic carbocycles. The van der Waals surface area contributed by atoms with E-state index in [1.54, 1.807) is 35.1 Å². The van der Waals surface area contributed by atoms with Gasteiger partial charge in [0.15, 0.2) is 9.84 Å². The molecule has 5 nitrogen and oxygen atoms in total. The second kappa shape index (κ2) is 6.43. The molecule has 0 amide bonds. The monoisotopic (exact) mass is 311 g/mol. The number of aryl methyl sites for hydroxylation is 1. The van der Waals surface area contributed by atoms with Gasteiger partial charge in [-0.15, -0.1) is 11.8 Å². The molecule has 0 spiro atoms. The molecule has 0 unspecified atom stereocenters. The Balaban J connectivity index is 1.96. The number of benzene rings is 1. The average molecular weight is 311 g/mol. The van der Waals surface area contributed by atoms with Crippen molar-refractivity contribution >= 4 is 21.6 Å². The third-order valence-corrected chi connectivity index (χ3v) is 5.76. The predicted octanol–water partition coefficient (Wildman–Crippen LogP) is 1.44. The Morgan fingerprint density at radius 3 is 2.55 bits per heavy atom. The van der Waals surface area contributed by atoms with E-state index < -0.39 is 9.84 Å². The molecule has 0 aliphatic heterocycles. The summed E-state index contributed by atoms with van der Waals surface area (Å²) < 4.78 is 26.0. The second-order valence-electron chi connectivity index (χ2n) is 4.37. The van der Waals surface area contributed by atoms with Crippen molar-refractivity contribution in [2.45, 2.75) is 16.3 Å². The van der Waals surface area contributed by atoms with E-state index in [9.17, 15) is 8.42 Å². The van der Waals surface area contributed by atoms with Crippen LogP contribution in [0.25, 0.3) is 0 Å². The zero-order valence-corrected chi connectivity index (χ0v) is 12.8. The van der Waals surface area contributed by atoms with Gasteiger partial charge in [0, 0.05) is 30.4 Å². The van der Waals surface area contributed by atoms with Crippen LogP contribution in [0, 0.1) is 0 Å². The van der Waals surface area contributed by atoms with E-state index >= 15 is 0 Å². The van der Waals surface area contributed by atoms with E-state index in [0.717, 1.165) is 10.5 Å². The van der Waals surface area contributed by atoms with Crippen LogP contribution in [0.4, 0.5) is 0 Å². The molecule has 108 valence electrons. The third kappa shape index (κ3) is 3.84. The minimum atomic E-state index is -3.24. The van der Waals surface area contributed by atoms with Gasteiger partial charge in [0.05, 0.1) is 16.8 Å². The Hall–Kier alpha value is -1.31. The number of hydrogen-bond donors (Lipinski definition) is 1. The maximum atomic E-state index is 12.2. The molecule has 1 aromatic heterocycles. The lowest BCUT2D eigenvalue weighted by atomic mass is 10.2. The summed E-state index contributed by atoms with van der Waals surface area (Å²) >= 11 is 1.49. The Morgan fingerprint density at radius 2 is 2.00 bits per heavy atom. The Morgan fingerprint density at radius 1 is 1.30 bits per heavy atom. The molecule has 0 radical (unpaired) electrons. The van der Waals surface area contributed by atoms with Crippen molar-refractivity contribution in [3.8, 4) is 0 Å². The fourth-order valence-electron chi connectivity index (χ4n) is 1.69. The fourth-order valence-corrected chi connectivity index (χ4v) is 4.28. The number of sulfone groups is 1. The highest BCUT2D eigenvalue weighted by atomic mass is 32.2. The van der Waals surface area contributed by atoms with Gasteiger partial charge in [0.2, 0.25) is 0 Å². The Bertz CT molecular complexity index is 663. The summed E-state index contributed by atoms with van der Waals surface area (Å²) in [5, 5.41) is 4.04. The van der Waals surface area contributed by atoms with Crippen LogP contribution >= 0.6 is 11.8 Å². The molecule has 1 heterocycles. The minimum Gasteiger partial charge on any atom is -0.326 e. The molecular weight excluding hydrogens is 294 g/mol. The van der Waals surface area contributed by atoms with Crippen molar-refractivity contribution in [1.29, 1.82) is 0 Å². The summed E-state index contributed by atoms with van der Waals surface area (Å²) in [5.41, 5.74) is 6.42. The van der Waals surface area contributed by atoms with E-state index in [1.165, 1.54) is 11.8 Å². The van der Waals surface area contributed by atoms with Crippen LogP contribution in [0.5, 0.6) is 0 Å². The largest absolute Gasteiger partial charge is 0.326 e. The fraction of sp³-hybridized carbons (Fsp3) is 0.308. The van der Waals surface area contributed by atoms with Crippen molar-refractivity contribution in [3.05, 3.63) is 42.2 Å². The molecule has 7 heteroatoms. The molecule has 0 bridgehead atoms. The van der Waals surface area contributed by atoms with Crippen LogP contribution in [0.3, 0.4) is 0 Å². The van der Waals surface area contributed by atoms with Crippen molar-refractivity contribution in [2.24, 2.45) is 12.8 Å². The van der Waals surface area contributed by atoms with Gasteiger partial charge in [-0.2, -0.15) is 5.10 Å². The Kier molecular flexibility index (Phi) is 4.85. The lowest BCUT2D eigenvalue weighted by Crippen LogP contribution is -2.09. The first-order valence-electron chi connectivity index (χ1n) is 6.14. The van der Waals surface area contributed by atoms with E-state index in [2.05, 4.69) is 5.10 Å². The maximum absolute atomic E-state index is 12.2. The molecule has 2 rings (SSSR count). The molecule has 1 aromatic carbocycles. The lowest BCUT2D eigenvalue weighted by molar-refractivity contribution is 0.597. The summed E-state index contributed by atoms with van der Waals surface area (Å²) in [6.45, 7) is 0.414. The first-order chi connectivity index (χ1) is 9.51. The van der Waals surface area contributed by atoms with Gasteiger partial charge in [-0.05, 0) is 17.7 Å². The number of rotatable bonds is 6. The lowest BCUT2D eigenvalue weighted by Gasteiger charge is -2.05. The Labute approximate surface area is 123 Å². The van der Waals surface area contributed by atoms with E-state index in [0.29, 0.717) is 17.2 Å². The third-order valence-electron chi connectivity index (χ3n) is 2.82. The van der Waals surface area contributed by atoms with Crippen LogP contribution in [0.15, 0.2) is 46.5 Å². The van der Waals surface area contributed by atoms with Crippen LogP contribution in [0.2, 0.25) is 0 Å². The summed E-state index contributed by atoms with van der Waals surface area (Å²) in [6.07, 6.45) is 3.60. The van der Waals surface area contributed by atoms with E-state index in [1.807, 2.05) is 13.2 Å². The van der Waals surface area contributed by atoms with Gasteiger partial charge in [-0.3, -0.25) is 4.68 Å². The molecular formula is C13H17N3O2S2. The van der Waals surface area contributed by atoms with Crippen LogP contribution in [-0.2, 0) is 23.4 Å². The molecule has 2 N–H and O–H groups in total. The molecule has 20 heavy (non-hydrogen) atoms. The standard InChI is InChI=1S/C13H17N3O2S2/c1-16-10-12(9-15-16)19-6-7-20(17,18)13-4-2-11(8-14)3-5-13/h2-5,9-10H,6-8,14H2,1H3. The van der Waals surface area contributed by atoms with Gasteiger partial charge < -0.3 is 5.73 Å². The molecule has 0 atom stereocenters. The van der Waals surface area contributed by atoms with E-state index in [-0.39, 0.29) is 5.75 Å². The number of aromatic nitrogens is 2. The highest BCUT2D eigenvalue weighted by Gasteiger charge is 2.14. The van der Waals surface area contributed by atoms with E-state index in [4.69, 9.17) is 5.73 Å². The number of hydrogen-bond acceptors (Lipinski definition) is 5. The summed E-state index contributed by atoms with van der Waals surface area (Å²) in [7, 11) is -1.40. The topological polar surface area (TPSA) is 78.0 Å². The molecule has 0 aliphatic rings. The number of nitrogens with zero attached hydrogens (tertiary/aromatic N) is 2. The smallest absolute Gasteiger partial charge is 0.179 e. The SMILES string of the molecule is Cn1cc(SCCS(=O)(=O)c2ccc(CN)cc2)cn1. The molecule has 0 saturated heterocycles. The normalized spacial score (nSPS) is 11.7. The zero-order valence-electron chi connectivity index (χ0n) is 11.2. The van der Waals surface area contributed by atoms with Gasteiger partial charge >= 0.3 is 0 Å². The van der Waals surface area contributed by atoms with Crippen LogP contribution in [-0.4, -0.2) is 29.7 Å². The van der Waals surface area contributed by atoms with Gasteiger partial charge in [-0.1, -0.05) is 12.1 Å². The maximum Gasteiger partial charge on any atom is 0.179 e. The summed E-state index contributed by atoms with van der Waals surface area (Å²) in [5.74, 6) is 0.612. The zero-order chi connectivity index (χ0) is 14.6. The second-order valence-corrected chi connectivity index (χ2v) is 7.64. The van der Waals surface area contributed by atoms with Gasteiger partial charge in [-0.25, -0.2) is 8.42 Å². The predicted molar refractivity (Wildman–Crippen MR) is 80.3 cm³/mol. The quantitative estimate of drug-likeness (QED) is 0.817. The van der Waals surface area contributed by atoms with Crippen LogP contribution < -0.4 is 5.73 Å². The van der Waals surface area contributed by atoms with Crippen molar-refractivity contribution in [1.82, 2.24) is 9.78 Å². The summed E-state index contributed by atoms with van der Waals surface area (Å²) in [4.78, 5) is 1.32. The average Bonchev–Trinajstić information content (AvgIpc) is 2.84. The molecule has 2 aromatic rings. The van der Waals surface area contributed by atoms with Gasteiger partial charge in [0.25, 0.3) is 0 Å². The highest BCUT2D eigenvalue weighted by molar-refractivity contribution is 8.00. The van der Waals surface area contributed by atoms with Crippen molar-refractivity contribution in [2.75, 3.05) is 11.5 Å².